The molecule has 0 spiro atoms. The molecule has 1 heterocycles. The Balaban J connectivity index is 2.37. The highest BCUT2D eigenvalue weighted by Gasteiger charge is 2.08. The lowest BCUT2D eigenvalue weighted by Crippen LogP contribution is -2.01. The van der Waals surface area contributed by atoms with Crippen LogP contribution in [0.1, 0.15) is 15.9 Å². The summed E-state index contributed by atoms with van der Waals surface area (Å²) >= 11 is 3.34. The first kappa shape index (κ1) is 10.1. The topological polar surface area (TPSA) is 30.0 Å². The van der Waals surface area contributed by atoms with Crippen molar-refractivity contribution in [2.75, 3.05) is 0 Å². The predicted octanol–water partition coefficient (Wildman–Crippen LogP) is 3.08. The van der Waals surface area contributed by atoms with E-state index in [-0.39, 0.29) is 5.78 Å². The zero-order valence-corrected chi connectivity index (χ0v) is 9.44. The van der Waals surface area contributed by atoms with E-state index < -0.39 is 0 Å². The Hall–Kier alpha value is -1.48. The Labute approximate surface area is 96.1 Å². The van der Waals surface area contributed by atoms with Crippen LogP contribution in [0, 0.1) is 0 Å². The van der Waals surface area contributed by atoms with E-state index in [1.54, 1.807) is 36.7 Å². The largest absolute Gasteiger partial charge is 0.289 e. The van der Waals surface area contributed by atoms with Gasteiger partial charge in [-0.25, -0.2) is 0 Å². The van der Waals surface area contributed by atoms with Gasteiger partial charge >= 0.3 is 0 Å². The minimum Gasteiger partial charge on any atom is -0.289 e. The number of benzene rings is 1. The first-order valence-corrected chi connectivity index (χ1v) is 5.27. The number of hydrogen-bond acceptors (Lipinski definition) is 2. The molecule has 74 valence electrons. The molecule has 0 aliphatic heterocycles. The predicted molar refractivity (Wildman–Crippen MR) is 61.8 cm³/mol. The number of nitrogens with zero attached hydrogens (tertiary/aromatic N) is 1. The van der Waals surface area contributed by atoms with E-state index in [2.05, 4.69) is 20.9 Å². The van der Waals surface area contributed by atoms with Crippen molar-refractivity contribution in [1.29, 1.82) is 0 Å². The summed E-state index contributed by atoms with van der Waals surface area (Å²) in [7, 11) is 0. The van der Waals surface area contributed by atoms with Gasteiger partial charge in [-0.15, -0.1) is 0 Å². The van der Waals surface area contributed by atoms with Crippen molar-refractivity contribution in [3.05, 3.63) is 64.4 Å². The van der Waals surface area contributed by atoms with Gasteiger partial charge in [0.15, 0.2) is 5.78 Å². The summed E-state index contributed by atoms with van der Waals surface area (Å²) in [5.41, 5.74) is 1.27. The van der Waals surface area contributed by atoms with Gasteiger partial charge in [0.1, 0.15) is 0 Å². The number of carbonyl (C=O) groups excluding carboxylic acids is 1. The van der Waals surface area contributed by atoms with E-state index in [1.165, 1.54) is 0 Å². The first-order chi connectivity index (χ1) is 7.27. The standard InChI is InChI=1S/C12H8BrNO/c13-11-5-1-3-9(7-11)12(15)10-4-2-6-14-8-10/h1-8H. The molecule has 2 aromatic rings. The molecule has 0 amide bonds. The maximum atomic E-state index is 11.9. The second kappa shape index (κ2) is 4.36. The van der Waals surface area contributed by atoms with Gasteiger partial charge in [-0.1, -0.05) is 28.1 Å². The first-order valence-electron chi connectivity index (χ1n) is 4.47. The molecule has 0 aliphatic carbocycles. The van der Waals surface area contributed by atoms with Crippen molar-refractivity contribution < 1.29 is 4.79 Å². The molecule has 15 heavy (non-hydrogen) atoms. The molecule has 0 saturated carbocycles. The molecule has 2 nitrogen and oxygen atoms in total. The second-order valence-corrected chi connectivity index (χ2v) is 4.00. The highest BCUT2D eigenvalue weighted by molar-refractivity contribution is 9.10. The van der Waals surface area contributed by atoms with Gasteiger partial charge in [0.2, 0.25) is 0 Å². The molecule has 0 aliphatic rings. The van der Waals surface area contributed by atoms with Crippen LogP contribution in [-0.4, -0.2) is 10.8 Å². The SMILES string of the molecule is O=C(c1cccnc1)c1cccc(Br)c1. The number of aromatic nitrogens is 1. The van der Waals surface area contributed by atoms with Crippen LogP contribution in [0.3, 0.4) is 0 Å². The Kier molecular flexibility index (Phi) is 2.92. The van der Waals surface area contributed by atoms with Crippen LogP contribution >= 0.6 is 15.9 Å². The molecular formula is C12H8BrNO. The molecule has 1 aromatic carbocycles. The van der Waals surface area contributed by atoms with Crippen LogP contribution in [0.15, 0.2) is 53.3 Å². The highest BCUT2D eigenvalue weighted by atomic mass is 79.9. The van der Waals surface area contributed by atoms with E-state index in [0.29, 0.717) is 11.1 Å². The maximum Gasteiger partial charge on any atom is 0.194 e. The summed E-state index contributed by atoms with van der Waals surface area (Å²) in [6, 6.07) is 10.8. The molecule has 0 atom stereocenters. The van der Waals surface area contributed by atoms with Gasteiger partial charge in [0.25, 0.3) is 0 Å². The fraction of sp³-hybridized carbons (Fsp3) is 0. The second-order valence-electron chi connectivity index (χ2n) is 3.08. The summed E-state index contributed by atoms with van der Waals surface area (Å²) in [5.74, 6) is -0.00981. The van der Waals surface area contributed by atoms with Crippen molar-refractivity contribution >= 4 is 21.7 Å². The van der Waals surface area contributed by atoms with Crippen LogP contribution in [0.5, 0.6) is 0 Å². The third-order valence-electron chi connectivity index (χ3n) is 2.01. The molecule has 0 saturated heterocycles. The minimum atomic E-state index is -0.00981. The van der Waals surface area contributed by atoms with Crippen LogP contribution < -0.4 is 0 Å². The van der Waals surface area contributed by atoms with Crippen molar-refractivity contribution in [2.45, 2.75) is 0 Å². The van der Waals surface area contributed by atoms with Gasteiger partial charge < -0.3 is 0 Å². The quantitative estimate of drug-likeness (QED) is 0.778. The number of carbonyl (C=O) groups is 1. The summed E-state index contributed by atoms with van der Waals surface area (Å²) in [6.07, 6.45) is 3.22. The van der Waals surface area contributed by atoms with E-state index in [9.17, 15) is 4.79 Å². The number of pyridine rings is 1. The van der Waals surface area contributed by atoms with Crippen molar-refractivity contribution in [2.24, 2.45) is 0 Å². The fourth-order valence-corrected chi connectivity index (χ4v) is 1.69. The highest BCUT2D eigenvalue weighted by Crippen LogP contribution is 2.14. The zero-order chi connectivity index (χ0) is 10.7. The Bertz CT molecular complexity index is 482. The average molecular weight is 262 g/mol. The molecule has 0 unspecified atom stereocenters. The third-order valence-corrected chi connectivity index (χ3v) is 2.50. The van der Waals surface area contributed by atoms with Crippen molar-refractivity contribution in [3.63, 3.8) is 0 Å². The molecule has 2 rings (SSSR count). The summed E-state index contributed by atoms with van der Waals surface area (Å²) in [4.78, 5) is 15.9. The van der Waals surface area contributed by atoms with Crippen molar-refractivity contribution in [1.82, 2.24) is 4.98 Å². The molecule has 0 N–H and O–H groups in total. The lowest BCUT2D eigenvalue weighted by atomic mass is 10.1. The van der Waals surface area contributed by atoms with E-state index in [1.807, 2.05) is 12.1 Å². The van der Waals surface area contributed by atoms with Crippen molar-refractivity contribution in [3.8, 4) is 0 Å². The van der Waals surface area contributed by atoms with Crippen LogP contribution in [-0.2, 0) is 0 Å². The number of rotatable bonds is 2. The molecule has 0 bridgehead atoms. The fourth-order valence-electron chi connectivity index (χ4n) is 1.29. The van der Waals surface area contributed by atoms with Gasteiger partial charge in [0.05, 0.1) is 0 Å². The van der Waals surface area contributed by atoms with Crippen LogP contribution in [0.4, 0.5) is 0 Å². The van der Waals surface area contributed by atoms with Gasteiger partial charge in [-0.05, 0) is 24.3 Å². The Morgan fingerprint density at radius 3 is 2.60 bits per heavy atom. The lowest BCUT2D eigenvalue weighted by Gasteiger charge is -2.00. The molecule has 1 aromatic heterocycles. The summed E-state index contributed by atoms with van der Waals surface area (Å²) in [5, 5.41) is 0. The lowest BCUT2D eigenvalue weighted by molar-refractivity contribution is 0.103. The van der Waals surface area contributed by atoms with Crippen LogP contribution in [0.2, 0.25) is 0 Å². The molecule has 0 radical (unpaired) electrons. The zero-order valence-electron chi connectivity index (χ0n) is 7.85. The third kappa shape index (κ3) is 2.30. The van der Waals surface area contributed by atoms with Gasteiger partial charge in [-0.3, -0.25) is 9.78 Å². The van der Waals surface area contributed by atoms with Crippen LogP contribution in [0.25, 0.3) is 0 Å². The Morgan fingerprint density at radius 1 is 1.13 bits per heavy atom. The normalized spacial score (nSPS) is 9.93. The number of hydrogen-bond donors (Lipinski definition) is 0. The molecule has 0 fully saturated rings. The monoisotopic (exact) mass is 261 g/mol. The maximum absolute atomic E-state index is 11.9. The smallest absolute Gasteiger partial charge is 0.194 e. The summed E-state index contributed by atoms with van der Waals surface area (Å²) < 4.78 is 0.900. The van der Waals surface area contributed by atoms with E-state index in [0.717, 1.165) is 4.47 Å². The van der Waals surface area contributed by atoms with Gasteiger partial charge in [-0.2, -0.15) is 0 Å². The molecule has 3 heteroatoms. The number of halogens is 1. The van der Waals surface area contributed by atoms with Gasteiger partial charge in [0, 0.05) is 28.0 Å². The average Bonchev–Trinajstić information content (AvgIpc) is 2.29. The van der Waals surface area contributed by atoms with E-state index >= 15 is 0 Å². The summed E-state index contributed by atoms with van der Waals surface area (Å²) in [6.45, 7) is 0. The molecular weight excluding hydrogens is 254 g/mol. The number of ketones is 1. The minimum absolute atomic E-state index is 0.00981. The Morgan fingerprint density at radius 2 is 1.93 bits per heavy atom. The van der Waals surface area contributed by atoms with E-state index in [4.69, 9.17) is 0 Å².